The Hall–Kier alpha value is -0.120. The van der Waals surface area contributed by atoms with Crippen LogP contribution in [-0.2, 0) is 4.74 Å². The first kappa shape index (κ1) is 15.3. The second kappa shape index (κ2) is 5.71. The van der Waals surface area contributed by atoms with Gasteiger partial charge in [-0.25, -0.2) is 0 Å². The van der Waals surface area contributed by atoms with Crippen molar-refractivity contribution in [3.63, 3.8) is 0 Å². The summed E-state index contributed by atoms with van der Waals surface area (Å²) in [7, 11) is 0. The van der Waals surface area contributed by atoms with Crippen molar-refractivity contribution in [2.45, 2.75) is 71.1 Å². The molecule has 19 heavy (non-hydrogen) atoms. The topological polar surface area (TPSA) is 24.5 Å². The summed E-state index contributed by atoms with van der Waals surface area (Å²) >= 11 is 0. The highest BCUT2D eigenvalue weighted by atomic mass is 16.5. The van der Waals surface area contributed by atoms with Gasteiger partial charge in [0.25, 0.3) is 0 Å². The van der Waals surface area contributed by atoms with Gasteiger partial charge in [-0.2, -0.15) is 0 Å². The van der Waals surface area contributed by atoms with Crippen molar-refractivity contribution in [1.82, 2.24) is 10.2 Å². The SMILES string of the molecule is CC(CNC1CC(C)(C)OC1(C)C)CN1CCCC1. The molecule has 112 valence electrons. The minimum Gasteiger partial charge on any atom is -0.368 e. The van der Waals surface area contributed by atoms with E-state index in [1.54, 1.807) is 0 Å². The molecule has 2 aliphatic rings. The van der Waals surface area contributed by atoms with E-state index in [0.717, 1.165) is 18.9 Å². The Balaban J connectivity index is 1.75. The van der Waals surface area contributed by atoms with Gasteiger partial charge in [-0.05, 0) is 72.5 Å². The third kappa shape index (κ3) is 4.17. The van der Waals surface area contributed by atoms with Crippen LogP contribution < -0.4 is 5.32 Å². The van der Waals surface area contributed by atoms with E-state index in [9.17, 15) is 0 Å². The first-order chi connectivity index (χ1) is 8.78. The Bertz CT molecular complexity index is 295. The van der Waals surface area contributed by atoms with E-state index in [0.29, 0.717) is 6.04 Å². The van der Waals surface area contributed by atoms with Crippen molar-refractivity contribution in [3.8, 4) is 0 Å². The summed E-state index contributed by atoms with van der Waals surface area (Å²) in [5, 5.41) is 3.75. The van der Waals surface area contributed by atoms with E-state index in [2.05, 4.69) is 44.8 Å². The zero-order valence-corrected chi connectivity index (χ0v) is 13.5. The van der Waals surface area contributed by atoms with Gasteiger partial charge in [0.05, 0.1) is 11.2 Å². The summed E-state index contributed by atoms with van der Waals surface area (Å²) in [5.74, 6) is 0.720. The van der Waals surface area contributed by atoms with Crippen molar-refractivity contribution in [2.75, 3.05) is 26.2 Å². The molecule has 2 atom stereocenters. The highest BCUT2D eigenvalue weighted by Gasteiger charge is 2.45. The second-order valence-electron chi connectivity index (χ2n) is 7.74. The van der Waals surface area contributed by atoms with E-state index in [-0.39, 0.29) is 11.2 Å². The number of ether oxygens (including phenoxy) is 1. The molecule has 2 aliphatic heterocycles. The molecule has 0 aromatic heterocycles. The van der Waals surface area contributed by atoms with Gasteiger partial charge in [-0.1, -0.05) is 6.92 Å². The fourth-order valence-corrected chi connectivity index (χ4v) is 3.69. The largest absolute Gasteiger partial charge is 0.368 e. The van der Waals surface area contributed by atoms with Crippen LogP contribution in [0.1, 0.15) is 53.9 Å². The lowest BCUT2D eigenvalue weighted by atomic mass is 9.94. The molecule has 2 saturated heterocycles. The molecule has 0 radical (unpaired) electrons. The highest BCUT2D eigenvalue weighted by molar-refractivity contribution is 4.99. The molecule has 0 aromatic rings. The summed E-state index contributed by atoms with van der Waals surface area (Å²) in [6.45, 7) is 16.1. The molecule has 0 spiro atoms. The quantitative estimate of drug-likeness (QED) is 0.829. The lowest BCUT2D eigenvalue weighted by molar-refractivity contribution is -0.0699. The average Bonchev–Trinajstić information content (AvgIpc) is 2.81. The maximum absolute atomic E-state index is 6.14. The van der Waals surface area contributed by atoms with E-state index >= 15 is 0 Å². The van der Waals surface area contributed by atoms with Gasteiger partial charge in [0.15, 0.2) is 0 Å². The number of nitrogens with one attached hydrogen (secondary N) is 1. The normalized spacial score (nSPS) is 31.7. The molecule has 2 fully saturated rings. The Morgan fingerprint density at radius 3 is 2.37 bits per heavy atom. The van der Waals surface area contributed by atoms with Gasteiger partial charge in [-0.3, -0.25) is 0 Å². The van der Waals surface area contributed by atoms with E-state index in [4.69, 9.17) is 4.74 Å². The Morgan fingerprint density at radius 1 is 1.21 bits per heavy atom. The third-order valence-corrected chi connectivity index (χ3v) is 4.56. The highest BCUT2D eigenvalue weighted by Crippen LogP contribution is 2.37. The molecule has 0 aromatic carbocycles. The fourth-order valence-electron chi connectivity index (χ4n) is 3.69. The number of hydrogen-bond donors (Lipinski definition) is 1. The van der Waals surface area contributed by atoms with Crippen molar-refractivity contribution >= 4 is 0 Å². The number of nitrogens with zero attached hydrogens (tertiary/aromatic N) is 1. The summed E-state index contributed by atoms with van der Waals surface area (Å²) < 4.78 is 6.14. The third-order valence-electron chi connectivity index (χ3n) is 4.56. The van der Waals surface area contributed by atoms with Gasteiger partial charge in [-0.15, -0.1) is 0 Å². The lowest BCUT2D eigenvalue weighted by Gasteiger charge is -2.29. The molecular formula is C16H32N2O. The first-order valence-corrected chi connectivity index (χ1v) is 7.94. The van der Waals surface area contributed by atoms with E-state index < -0.39 is 0 Å². The molecule has 0 saturated carbocycles. The van der Waals surface area contributed by atoms with Gasteiger partial charge in [0, 0.05) is 12.6 Å². The van der Waals surface area contributed by atoms with Crippen LogP contribution in [0, 0.1) is 5.92 Å². The summed E-state index contributed by atoms with van der Waals surface area (Å²) in [6.07, 6.45) is 3.88. The van der Waals surface area contributed by atoms with Gasteiger partial charge >= 0.3 is 0 Å². The molecule has 3 nitrogen and oxygen atoms in total. The molecule has 2 unspecified atom stereocenters. The minimum absolute atomic E-state index is 0.0133. The Morgan fingerprint density at radius 2 is 1.84 bits per heavy atom. The van der Waals surface area contributed by atoms with Gasteiger partial charge in [0.2, 0.25) is 0 Å². The van der Waals surface area contributed by atoms with Crippen LogP contribution >= 0.6 is 0 Å². The number of rotatable bonds is 5. The zero-order chi connectivity index (χ0) is 14.1. The first-order valence-electron chi connectivity index (χ1n) is 7.94. The van der Waals surface area contributed by atoms with Crippen molar-refractivity contribution in [3.05, 3.63) is 0 Å². The monoisotopic (exact) mass is 268 g/mol. The Kier molecular flexibility index (Phi) is 4.59. The molecule has 2 heterocycles. The second-order valence-corrected chi connectivity index (χ2v) is 7.74. The molecule has 0 bridgehead atoms. The predicted molar refractivity (Wildman–Crippen MR) is 80.5 cm³/mol. The van der Waals surface area contributed by atoms with Gasteiger partial charge in [0.1, 0.15) is 0 Å². The molecule has 0 amide bonds. The maximum atomic E-state index is 6.14. The number of hydrogen-bond acceptors (Lipinski definition) is 3. The molecule has 0 aliphatic carbocycles. The summed E-state index contributed by atoms with van der Waals surface area (Å²) in [4.78, 5) is 2.60. The number of likely N-dealkylation sites (tertiary alicyclic amines) is 1. The molecule has 2 rings (SSSR count). The van der Waals surface area contributed by atoms with Crippen LogP contribution in [0.2, 0.25) is 0 Å². The van der Waals surface area contributed by atoms with E-state index in [1.807, 2.05) is 0 Å². The standard InChI is InChI=1S/C16H32N2O/c1-13(12-18-8-6-7-9-18)11-17-14-10-15(2,3)19-16(14,4)5/h13-14,17H,6-12H2,1-5H3. The summed E-state index contributed by atoms with van der Waals surface area (Å²) in [5.41, 5.74) is -0.0315. The average molecular weight is 268 g/mol. The minimum atomic E-state index is -0.0448. The van der Waals surface area contributed by atoms with Crippen LogP contribution in [-0.4, -0.2) is 48.3 Å². The van der Waals surface area contributed by atoms with Crippen LogP contribution in [0.5, 0.6) is 0 Å². The van der Waals surface area contributed by atoms with Crippen molar-refractivity contribution in [2.24, 2.45) is 5.92 Å². The molecule has 1 N–H and O–H groups in total. The molecule has 3 heteroatoms. The maximum Gasteiger partial charge on any atom is 0.0787 e. The zero-order valence-electron chi connectivity index (χ0n) is 13.5. The van der Waals surface area contributed by atoms with Crippen LogP contribution in [0.25, 0.3) is 0 Å². The smallest absolute Gasteiger partial charge is 0.0787 e. The lowest BCUT2D eigenvalue weighted by Crippen LogP contribution is -2.45. The van der Waals surface area contributed by atoms with E-state index in [1.165, 1.54) is 32.5 Å². The fraction of sp³-hybridized carbons (Fsp3) is 1.00. The van der Waals surface area contributed by atoms with Crippen molar-refractivity contribution in [1.29, 1.82) is 0 Å². The summed E-state index contributed by atoms with van der Waals surface area (Å²) in [6, 6.07) is 0.475. The van der Waals surface area contributed by atoms with Crippen LogP contribution in [0.4, 0.5) is 0 Å². The molecular weight excluding hydrogens is 236 g/mol. The van der Waals surface area contributed by atoms with Crippen molar-refractivity contribution < 1.29 is 4.74 Å². The van der Waals surface area contributed by atoms with Gasteiger partial charge < -0.3 is 15.0 Å². The van der Waals surface area contributed by atoms with Crippen LogP contribution in [0.3, 0.4) is 0 Å². The predicted octanol–water partition coefficient (Wildman–Crippen LogP) is 2.65. The van der Waals surface area contributed by atoms with Crippen LogP contribution in [0.15, 0.2) is 0 Å². The Labute approximate surface area is 119 Å².